The van der Waals surface area contributed by atoms with Crippen LogP contribution in [0.5, 0.6) is 5.75 Å². The van der Waals surface area contributed by atoms with Crippen LogP contribution in [0.15, 0.2) is 47.5 Å². The van der Waals surface area contributed by atoms with Gasteiger partial charge in [0.05, 0.1) is 25.7 Å². The van der Waals surface area contributed by atoms with E-state index in [0.717, 1.165) is 0 Å². The molecule has 0 aliphatic carbocycles. The lowest BCUT2D eigenvalue weighted by Gasteiger charge is -2.19. The molecule has 5 heteroatoms. The van der Waals surface area contributed by atoms with E-state index in [1.807, 2.05) is 18.2 Å². The van der Waals surface area contributed by atoms with Crippen molar-refractivity contribution in [2.45, 2.75) is 6.04 Å². The van der Waals surface area contributed by atoms with E-state index in [4.69, 9.17) is 23.2 Å². The highest BCUT2D eigenvalue weighted by molar-refractivity contribution is 6.36. The molecular weight excluding hydrogens is 319 g/mol. The molecule has 0 heterocycles. The van der Waals surface area contributed by atoms with Crippen LogP contribution in [-0.2, 0) is 0 Å². The first-order valence-corrected chi connectivity index (χ1v) is 7.77. The maximum Gasteiger partial charge on any atom is 0.143 e. The van der Waals surface area contributed by atoms with E-state index in [2.05, 4.69) is 31.2 Å². The van der Waals surface area contributed by atoms with Gasteiger partial charge in [0.1, 0.15) is 11.8 Å². The molecule has 0 aliphatic rings. The highest BCUT2D eigenvalue weighted by Gasteiger charge is 2.16. The van der Waals surface area contributed by atoms with Crippen molar-refractivity contribution in [3.8, 4) is 5.75 Å². The lowest BCUT2D eigenvalue weighted by molar-refractivity contribution is -0.890. The highest BCUT2D eigenvalue weighted by atomic mass is 35.5. The summed E-state index contributed by atoms with van der Waals surface area (Å²) in [4.78, 5) is 5.75. The molecule has 22 heavy (non-hydrogen) atoms. The number of rotatable bonds is 5. The summed E-state index contributed by atoms with van der Waals surface area (Å²) in [5, 5.41) is 10.6. The first-order valence-electron chi connectivity index (χ1n) is 7.02. The molecule has 2 aromatic carbocycles. The van der Waals surface area contributed by atoms with E-state index in [-0.39, 0.29) is 16.8 Å². The van der Waals surface area contributed by atoms with Crippen molar-refractivity contribution in [2.24, 2.45) is 4.99 Å². The molecule has 2 N–H and O–H groups in total. The number of phenolic OH excluding ortho intramolecular Hbond substituents is 1. The molecule has 0 spiro atoms. The summed E-state index contributed by atoms with van der Waals surface area (Å²) in [5.74, 6) is 0.00303. The number of aromatic hydroxyl groups is 1. The summed E-state index contributed by atoms with van der Waals surface area (Å²) in [6.07, 6.45) is 1.62. The normalized spacial score (nSPS) is 13.0. The summed E-state index contributed by atoms with van der Waals surface area (Å²) in [6.45, 7) is 0.607. The molecule has 2 rings (SSSR count). The molecule has 0 bridgehead atoms. The predicted molar refractivity (Wildman–Crippen MR) is 92.6 cm³/mol. The van der Waals surface area contributed by atoms with Gasteiger partial charge in [0.25, 0.3) is 0 Å². The quantitative estimate of drug-likeness (QED) is 0.808. The zero-order chi connectivity index (χ0) is 16.1. The molecule has 2 aromatic rings. The number of hydrogen-bond donors (Lipinski definition) is 2. The van der Waals surface area contributed by atoms with Gasteiger partial charge in [-0.2, -0.15) is 0 Å². The van der Waals surface area contributed by atoms with Crippen LogP contribution in [0.25, 0.3) is 0 Å². The molecule has 1 atom stereocenters. The third-order valence-corrected chi connectivity index (χ3v) is 3.98. The molecule has 0 amide bonds. The lowest BCUT2D eigenvalue weighted by atomic mass is 10.1. The van der Waals surface area contributed by atoms with Gasteiger partial charge in [0.15, 0.2) is 0 Å². The van der Waals surface area contributed by atoms with Crippen molar-refractivity contribution in [1.82, 2.24) is 0 Å². The second-order valence-electron chi connectivity index (χ2n) is 5.36. The Hall–Kier alpha value is -1.55. The zero-order valence-electron chi connectivity index (χ0n) is 12.6. The van der Waals surface area contributed by atoms with Gasteiger partial charge in [0, 0.05) is 22.4 Å². The van der Waals surface area contributed by atoms with Gasteiger partial charge in [0.2, 0.25) is 0 Å². The van der Waals surface area contributed by atoms with Crippen LogP contribution in [0, 0.1) is 0 Å². The average molecular weight is 338 g/mol. The van der Waals surface area contributed by atoms with Crippen molar-refractivity contribution < 1.29 is 10.0 Å². The topological polar surface area (TPSA) is 37.0 Å². The zero-order valence-corrected chi connectivity index (χ0v) is 14.1. The molecule has 0 aromatic heterocycles. The Bertz CT molecular complexity index is 657. The minimum Gasteiger partial charge on any atom is -0.506 e. The van der Waals surface area contributed by atoms with Crippen LogP contribution in [0.4, 0.5) is 0 Å². The summed E-state index contributed by atoms with van der Waals surface area (Å²) >= 11 is 11.9. The van der Waals surface area contributed by atoms with Crippen LogP contribution in [0.2, 0.25) is 10.0 Å². The fraction of sp³-hybridized carbons (Fsp3) is 0.235. The second-order valence-corrected chi connectivity index (χ2v) is 6.20. The van der Waals surface area contributed by atoms with E-state index in [0.29, 0.717) is 17.1 Å². The molecule has 0 saturated carbocycles. The van der Waals surface area contributed by atoms with Gasteiger partial charge in [-0.3, -0.25) is 4.99 Å². The standard InChI is InChI=1S/C17H18Cl2N2O/c1-21(2)16(12-6-4-3-5-7-12)11-20-10-13-8-14(18)9-15(19)17(13)22/h3-10,16,22H,11H2,1-2H3/p+1/t16-/m1/s1. The van der Waals surface area contributed by atoms with Crippen molar-refractivity contribution in [3.05, 3.63) is 63.6 Å². The summed E-state index contributed by atoms with van der Waals surface area (Å²) in [7, 11) is 4.20. The lowest BCUT2D eigenvalue weighted by Crippen LogP contribution is -3.06. The molecule has 3 nitrogen and oxygen atoms in total. The molecular formula is C17H19Cl2N2O+. The van der Waals surface area contributed by atoms with E-state index < -0.39 is 0 Å². The number of halogens is 2. The number of benzene rings is 2. The van der Waals surface area contributed by atoms with Crippen LogP contribution >= 0.6 is 23.2 Å². The van der Waals surface area contributed by atoms with Gasteiger partial charge in [-0.15, -0.1) is 0 Å². The Labute approximate surface area is 140 Å². The average Bonchev–Trinajstić information content (AvgIpc) is 2.48. The van der Waals surface area contributed by atoms with E-state index in [1.54, 1.807) is 12.3 Å². The van der Waals surface area contributed by atoms with Gasteiger partial charge in [-0.25, -0.2) is 0 Å². The highest BCUT2D eigenvalue weighted by Crippen LogP contribution is 2.30. The first kappa shape index (κ1) is 16.8. The molecule has 0 unspecified atom stereocenters. The minimum absolute atomic E-state index is 0.00303. The van der Waals surface area contributed by atoms with E-state index in [1.165, 1.54) is 16.5 Å². The molecule has 0 saturated heterocycles. The number of nitrogens with zero attached hydrogens (tertiary/aromatic N) is 1. The fourth-order valence-electron chi connectivity index (χ4n) is 2.25. The Morgan fingerprint density at radius 2 is 1.86 bits per heavy atom. The van der Waals surface area contributed by atoms with E-state index >= 15 is 0 Å². The third kappa shape index (κ3) is 4.23. The number of likely N-dealkylation sites (N-methyl/N-ethyl adjacent to an activating group) is 1. The number of nitrogens with one attached hydrogen (secondary N) is 1. The summed E-state index contributed by atoms with van der Waals surface area (Å²) in [6, 6.07) is 13.6. The van der Waals surface area contributed by atoms with Crippen LogP contribution in [0.3, 0.4) is 0 Å². The Morgan fingerprint density at radius 1 is 1.18 bits per heavy atom. The number of aliphatic imine (C=N–C) groups is 1. The predicted octanol–water partition coefficient (Wildman–Crippen LogP) is 3.00. The smallest absolute Gasteiger partial charge is 0.143 e. The number of phenols is 1. The molecule has 116 valence electrons. The van der Waals surface area contributed by atoms with Crippen molar-refractivity contribution >= 4 is 29.4 Å². The van der Waals surface area contributed by atoms with Gasteiger partial charge < -0.3 is 10.0 Å². The molecule has 0 aliphatic heterocycles. The number of hydrogen-bond acceptors (Lipinski definition) is 2. The maximum absolute atomic E-state index is 9.93. The van der Waals surface area contributed by atoms with Crippen LogP contribution in [0.1, 0.15) is 17.2 Å². The minimum atomic E-state index is 0.00303. The number of quaternary nitrogens is 1. The summed E-state index contributed by atoms with van der Waals surface area (Å²) < 4.78 is 0. The van der Waals surface area contributed by atoms with Crippen molar-refractivity contribution in [2.75, 3.05) is 20.6 Å². The van der Waals surface area contributed by atoms with Gasteiger partial charge in [-0.05, 0) is 12.1 Å². The largest absolute Gasteiger partial charge is 0.506 e. The fourth-order valence-corrected chi connectivity index (χ4v) is 2.76. The SMILES string of the molecule is C[NH+](C)[C@H](CN=Cc1cc(Cl)cc(Cl)c1O)c1ccccc1. The summed E-state index contributed by atoms with van der Waals surface area (Å²) in [5.41, 5.74) is 1.76. The Balaban J connectivity index is 2.17. The van der Waals surface area contributed by atoms with Crippen molar-refractivity contribution in [1.29, 1.82) is 0 Å². The first-order chi connectivity index (χ1) is 10.5. The van der Waals surface area contributed by atoms with Crippen LogP contribution < -0.4 is 4.90 Å². The Kier molecular flexibility index (Phi) is 5.83. The Morgan fingerprint density at radius 3 is 2.50 bits per heavy atom. The van der Waals surface area contributed by atoms with Gasteiger partial charge >= 0.3 is 0 Å². The second kappa shape index (κ2) is 7.63. The van der Waals surface area contributed by atoms with Crippen LogP contribution in [-0.4, -0.2) is 32.0 Å². The third-order valence-electron chi connectivity index (χ3n) is 3.47. The van der Waals surface area contributed by atoms with Gasteiger partial charge in [-0.1, -0.05) is 53.5 Å². The van der Waals surface area contributed by atoms with E-state index in [9.17, 15) is 5.11 Å². The van der Waals surface area contributed by atoms with Crippen molar-refractivity contribution in [3.63, 3.8) is 0 Å². The molecule has 0 radical (unpaired) electrons. The molecule has 0 fully saturated rings. The monoisotopic (exact) mass is 337 g/mol. The maximum atomic E-state index is 9.93.